The molecule has 2 rings (SSSR count). The fraction of sp³-hybridized carbons (Fsp3) is 0.750. The van der Waals surface area contributed by atoms with Crippen LogP contribution in [0.3, 0.4) is 0 Å². The molecule has 118 valence electrons. The molecule has 6 nitrogen and oxygen atoms in total. The quantitative estimate of drug-likeness (QED) is 0.824. The molecule has 1 aromatic rings. The number of alkyl halides is 3. The van der Waals surface area contributed by atoms with Gasteiger partial charge < -0.3 is 10.2 Å². The number of carbonyl (C=O) groups excluding carboxylic acids is 1. The van der Waals surface area contributed by atoms with Crippen molar-refractivity contribution in [1.29, 1.82) is 0 Å². The van der Waals surface area contributed by atoms with Gasteiger partial charge in [-0.25, -0.2) is 9.67 Å². The average molecular weight is 305 g/mol. The van der Waals surface area contributed by atoms with Crippen molar-refractivity contribution >= 4 is 5.91 Å². The van der Waals surface area contributed by atoms with Crippen LogP contribution in [0, 0.1) is 0 Å². The number of amides is 1. The van der Waals surface area contributed by atoms with Gasteiger partial charge in [-0.15, -0.1) is 0 Å². The van der Waals surface area contributed by atoms with E-state index in [1.165, 1.54) is 6.33 Å². The first-order chi connectivity index (χ1) is 9.96. The van der Waals surface area contributed by atoms with Gasteiger partial charge >= 0.3 is 6.18 Å². The molecule has 0 spiro atoms. The zero-order chi connectivity index (χ0) is 15.3. The van der Waals surface area contributed by atoms with Crippen molar-refractivity contribution in [2.45, 2.75) is 31.5 Å². The van der Waals surface area contributed by atoms with Crippen molar-refractivity contribution in [2.24, 2.45) is 0 Å². The summed E-state index contributed by atoms with van der Waals surface area (Å²) < 4.78 is 37.6. The first kappa shape index (κ1) is 15.7. The molecule has 0 aliphatic carbocycles. The second-order valence-corrected chi connectivity index (χ2v) is 5.05. The summed E-state index contributed by atoms with van der Waals surface area (Å²) in [5.74, 6) is -0.130. The Morgan fingerprint density at radius 2 is 2.24 bits per heavy atom. The van der Waals surface area contributed by atoms with E-state index >= 15 is 0 Å². The van der Waals surface area contributed by atoms with Crippen LogP contribution >= 0.6 is 0 Å². The Labute approximate surface area is 120 Å². The number of nitrogens with zero attached hydrogens (tertiary/aromatic N) is 4. The Bertz CT molecular complexity index is 448. The lowest BCUT2D eigenvalue weighted by Gasteiger charge is -2.32. The summed E-state index contributed by atoms with van der Waals surface area (Å²) in [7, 11) is 0. The van der Waals surface area contributed by atoms with Crippen molar-refractivity contribution in [2.75, 3.05) is 26.2 Å². The Balaban J connectivity index is 1.74. The summed E-state index contributed by atoms with van der Waals surface area (Å²) in [4.78, 5) is 17.6. The van der Waals surface area contributed by atoms with Crippen LogP contribution in [0.15, 0.2) is 12.7 Å². The summed E-state index contributed by atoms with van der Waals surface area (Å²) in [6.45, 7) is 0.134. The van der Waals surface area contributed by atoms with Crippen molar-refractivity contribution in [3.63, 3.8) is 0 Å². The molecule has 1 saturated heterocycles. The van der Waals surface area contributed by atoms with Crippen LogP contribution < -0.4 is 5.32 Å². The Kier molecular flexibility index (Phi) is 5.16. The summed E-state index contributed by atoms with van der Waals surface area (Å²) >= 11 is 0. The number of hydrogen-bond donors (Lipinski definition) is 1. The number of hydrogen-bond acceptors (Lipinski definition) is 4. The zero-order valence-corrected chi connectivity index (χ0v) is 11.5. The highest BCUT2D eigenvalue weighted by molar-refractivity contribution is 5.76. The van der Waals surface area contributed by atoms with Gasteiger partial charge in [0.15, 0.2) is 0 Å². The fourth-order valence-electron chi connectivity index (χ4n) is 2.39. The Morgan fingerprint density at radius 3 is 2.90 bits per heavy atom. The minimum Gasteiger partial charge on any atom is -0.341 e. The molecule has 21 heavy (non-hydrogen) atoms. The third kappa shape index (κ3) is 5.00. The summed E-state index contributed by atoms with van der Waals surface area (Å²) in [6, 6.07) is 0.0911. The van der Waals surface area contributed by atoms with E-state index in [-0.39, 0.29) is 24.9 Å². The van der Waals surface area contributed by atoms with E-state index in [1.54, 1.807) is 15.9 Å². The summed E-state index contributed by atoms with van der Waals surface area (Å²) in [5, 5.41) is 6.30. The number of aromatic nitrogens is 3. The predicted molar refractivity (Wildman–Crippen MR) is 68.4 cm³/mol. The summed E-state index contributed by atoms with van der Waals surface area (Å²) in [6.07, 6.45) is 0.656. The minimum absolute atomic E-state index is 0.0306. The fourth-order valence-corrected chi connectivity index (χ4v) is 2.39. The monoisotopic (exact) mass is 305 g/mol. The van der Waals surface area contributed by atoms with Gasteiger partial charge in [0, 0.05) is 26.1 Å². The molecule has 9 heteroatoms. The predicted octanol–water partition coefficient (Wildman–Crippen LogP) is 0.984. The Morgan fingerprint density at radius 1 is 1.43 bits per heavy atom. The summed E-state index contributed by atoms with van der Waals surface area (Å²) in [5.41, 5.74) is 0. The van der Waals surface area contributed by atoms with E-state index in [4.69, 9.17) is 0 Å². The molecule has 0 radical (unpaired) electrons. The third-order valence-electron chi connectivity index (χ3n) is 3.40. The molecule has 1 aromatic heterocycles. The van der Waals surface area contributed by atoms with E-state index in [0.717, 1.165) is 12.8 Å². The van der Waals surface area contributed by atoms with Crippen LogP contribution in [0.2, 0.25) is 0 Å². The molecule has 0 saturated carbocycles. The van der Waals surface area contributed by atoms with Crippen LogP contribution in [-0.2, 0) is 4.79 Å². The molecule has 0 bridgehead atoms. The molecule has 0 aromatic carbocycles. The van der Waals surface area contributed by atoms with Crippen LogP contribution in [0.1, 0.15) is 25.3 Å². The van der Waals surface area contributed by atoms with Crippen LogP contribution in [0.5, 0.6) is 0 Å². The van der Waals surface area contributed by atoms with E-state index in [1.807, 2.05) is 0 Å². The number of halogens is 3. The maximum Gasteiger partial charge on any atom is 0.401 e. The number of nitrogens with one attached hydrogen (secondary N) is 1. The highest BCUT2D eigenvalue weighted by atomic mass is 19.4. The SMILES string of the molecule is O=C(CCNCC(F)(F)F)N1CCC[C@H](n2cncn2)C1. The largest absolute Gasteiger partial charge is 0.401 e. The Hall–Kier alpha value is -1.64. The molecule has 2 heterocycles. The van der Waals surface area contributed by atoms with Gasteiger partial charge in [0.05, 0.1) is 12.6 Å². The molecule has 1 atom stereocenters. The van der Waals surface area contributed by atoms with Gasteiger partial charge in [0.1, 0.15) is 12.7 Å². The van der Waals surface area contributed by atoms with Gasteiger partial charge in [-0.3, -0.25) is 4.79 Å². The van der Waals surface area contributed by atoms with Gasteiger partial charge in [0.25, 0.3) is 0 Å². The second kappa shape index (κ2) is 6.88. The lowest BCUT2D eigenvalue weighted by atomic mass is 10.1. The zero-order valence-electron chi connectivity index (χ0n) is 11.5. The molecule has 1 fully saturated rings. The van der Waals surface area contributed by atoms with Crippen LogP contribution in [0.4, 0.5) is 13.2 Å². The highest BCUT2D eigenvalue weighted by Crippen LogP contribution is 2.20. The average Bonchev–Trinajstić information content (AvgIpc) is 2.96. The normalized spacial score (nSPS) is 19.8. The van der Waals surface area contributed by atoms with Gasteiger partial charge in [-0.05, 0) is 12.8 Å². The molecular formula is C12H18F3N5O. The molecule has 1 amide bonds. The maximum atomic E-state index is 12.0. The van der Waals surface area contributed by atoms with Crippen molar-refractivity contribution in [3.05, 3.63) is 12.7 Å². The number of likely N-dealkylation sites (tertiary alicyclic amines) is 1. The molecule has 1 aliphatic rings. The third-order valence-corrected chi connectivity index (χ3v) is 3.40. The molecule has 0 unspecified atom stereocenters. The molecule has 1 N–H and O–H groups in total. The minimum atomic E-state index is -4.24. The lowest BCUT2D eigenvalue weighted by molar-refractivity contribution is -0.134. The van der Waals surface area contributed by atoms with Crippen LogP contribution in [0.25, 0.3) is 0 Å². The van der Waals surface area contributed by atoms with Crippen molar-refractivity contribution in [1.82, 2.24) is 25.0 Å². The lowest BCUT2D eigenvalue weighted by Crippen LogP contribution is -2.42. The van der Waals surface area contributed by atoms with Gasteiger partial charge in [0.2, 0.25) is 5.91 Å². The molecule has 1 aliphatic heterocycles. The smallest absolute Gasteiger partial charge is 0.341 e. The molecular weight excluding hydrogens is 287 g/mol. The number of piperidine rings is 1. The topological polar surface area (TPSA) is 63.1 Å². The first-order valence-corrected chi connectivity index (χ1v) is 6.85. The van der Waals surface area contributed by atoms with E-state index < -0.39 is 12.7 Å². The van der Waals surface area contributed by atoms with E-state index in [2.05, 4.69) is 15.4 Å². The standard InChI is InChI=1S/C12H18F3N5O/c13-12(14,15)7-16-4-3-11(21)19-5-1-2-10(6-19)20-9-17-8-18-20/h8-10,16H,1-7H2/t10-/m0/s1. The number of carbonyl (C=O) groups is 1. The van der Waals surface area contributed by atoms with E-state index in [9.17, 15) is 18.0 Å². The highest BCUT2D eigenvalue weighted by Gasteiger charge is 2.27. The number of rotatable bonds is 5. The second-order valence-electron chi connectivity index (χ2n) is 5.05. The first-order valence-electron chi connectivity index (χ1n) is 6.85. The van der Waals surface area contributed by atoms with Gasteiger partial charge in [-0.1, -0.05) is 0 Å². The van der Waals surface area contributed by atoms with Crippen LogP contribution in [-0.4, -0.2) is 57.9 Å². The van der Waals surface area contributed by atoms with Crippen molar-refractivity contribution in [3.8, 4) is 0 Å². The van der Waals surface area contributed by atoms with E-state index in [0.29, 0.717) is 13.1 Å². The van der Waals surface area contributed by atoms with Gasteiger partial charge in [-0.2, -0.15) is 18.3 Å². The van der Waals surface area contributed by atoms with Crippen molar-refractivity contribution < 1.29 is 18.0 Å². The maximum absolute atomic E-state index is 12.0.